The average Bonchev–Trinajstić information content (AvgIpc) is 3.85. The lowest BCUT2D eigenvalue weighted by Gasteiger charge is -2.55. The number of rotatable bonds is 9. The van der Waals surface area contributed by atoms with Crippen molar-refractivity contribution >= 4 is 17.7 Å². The highest BCUT2D eigenvalue weighted by atomic mass is 16.6. The summed E-state index contributed by atoms with van der Waals surface area (Å²) in [5.41, 5.74) is 4.57. The van der Waals surface area contributed by atoms with Gasteiger partial charge in [-0.3, -0.25) is 4.79 Å². The molecule has 10 nitrogen and oxygen atoms in total. The van der Waals surface area contributed by atoms with Crippen molar-refractivity contribution < 1.29 is 28.6 Å². The van der Waals surface area contributed by atoms with Crippen molar-refractivity contribution in [1.29, 1.82) is 0 Å². The Balaban J connectivity index is 1.01. The van der Waals surface area contributed by atoms with Crippen LogP contribution in [0.15, 0.2) is 46.9 Å². The molecule has 9 rings (SSSR count). The minimum Gasteiger partial charge on any atom is -0.496 e. The van der Waals surface area contributed by atoms with Gasteiger partial charge in [0.05, 0.1) is 26.3 Å². The van der Waals surface area contributed by atoms with Crippen molar-refractivity contribution in [1.82, 2.24) is 15.1 Å². The van der Waals surface area contributed by atoms with Crippen LogP contribution < -0.4 is 9.64 Å². The number of aliphatic hydroxyl groups excluding tert-OH is 1. The van der Waals surface area contributed by atoms with Gasteiger partial charge in [-0.25, -0.2) is 4.79 Å². The lowest BCUT2D eigenvalue weighted by Crippen LogP contribution is -2.54. The maximum Gasteiger partial charge on any atom is 0.410 e. The number of amides is 2. The van der Waals surface area contributed by atoms with E-state index >= 15 is 0 Å². The number of aromatic nitrogens is 2. The van der Waals surface area contributed by atoms with E-state index in [1.165, 1.54) is 16.0 Å². The Morgan fingerprint density at radius 2 is 1.69 bits per heavy atom. The van der Waals surface area contributed by atoms with Gasteiger partial charge in [0, 0.05) is 29.6 Å². The summed E-state index contributed by atoms with van der Waals surface area (Å²) in [6.07, 6.45) is 10.5. The summed E-state index contributed by atoms with van der Waals surface area (Å²) in [5, 5.41) is 18.2. The van der Waals surface area contributed by atoms with Gasteiger partial charge in [-0.1, -0.05) is 18.2 Å². The highest BCUT2D eigenvalue weighted by molar-refractivity contribution is 5.95. The molecule has 0 unspecified atom stereocenters. The number of hydrogen-bond donors (Lipinski definition) is 1. The number of fused-ring (bicyclic) bond motifs is 3. The summed E-state index contributed by atoms with van der Waals surface area (Å²) < 4.78 is 17.4. The quantitative estimate of drug-likeness (QED) is 0.261. The number of hydrogen-bond acceptors (Lipinski definition) is 8. The average molecular weight is 669 g/mol. The zero-order chi connectivity index (χ0) is 33.8. The van der Waals surface area contributed by atoms with E-state index in [0.717, 1.165) is 68.4 Å². The number of methoxy groups -OCH3 is 1. The second kappa shape index (κ2) is 12.8. The number of aliphatic hydroxyl groups is 1. The molecule has 3 aromatic rings. The van der Waals surface area contributed by atoms with Gasteiger partial charge in [-0.2, -0.15) is 0 Å². The summed E-state index contributed by atoms with van der Waals surface area (Å²) in [7, 11) is 1.73. The standard InChI is InChI=1S/C39H48N4O6/c1-25-20-29(10-13-33(25)47-2)39-17-14-38(15-18-39,16-19-39)24-43(30-5-3-4-28(21-30)35-41-40-34(49-35)26-6-7-26)36(45)27-8-11-32(12-9-27)48-37(46)42-22-31(44)23-42/h3-5,10,13,20-21,26-27,31-32,44H,6-9,11-12,14-19,22-24H2,1-2H3. The molecule has 2 aromatic carbocycles. The second-order valence-corrected chi connectivity index (χ2v) is 15.6. The molecule has 2 heterocycles. The maximum absolute atomic E-state index is 14.6. The molecule has 1 aromatic heterocycles. The third-order valence-electron chi connectivity index (χ3n) is 12.4. The van der Waals surface area contributed by atoms with Gasteiger partial charge < -0.3 is 28.8 Å². The number of aryl methyl sites for hydroxylation is 1. The first-order valence-electron chi connectivity index (χ1n) is 18.3. The van der Waals surface area contributed by atoms with Gasteiger partial charge >= 0.3 is 6.09 Å². The highest BCUT2D eigenvalue weighted by Crippen LogP contribution is 2.58. The number of β-amino-alcohol motifs (C(OH)–C–C–N with tert-alkyl or cyclic N) is 1. The monoisotopic (exact) mass is 668 g/mol. The Bertz CT molecular complexity index is 1680. The van der Waals surface area contributed by atoms with E-state index in [4.69, 9.17) is 13.9 Å². The fraction of sp³-hybridized carbons (Fsp3) is 0.590. The van der Waals surface area contributed by atoms with Crippen LogP contribution in [0.4, 0.5) is 10.5 Å². The van der Waals surface area contributed by atoms with Crippen LogP contribution in [0.25, 0.3) is 11.5 Å². The number of carbonyl (C=O) groups is 2. The largest absolute Gasteiger partial charge is 0.496 e. The van der Waals surface area contributed by atoms with E-state index in [1.54, 1.807) is 7.11 Å². The van der Waals surface area contributed by atoms with Crippen LogP contribution in [0.2, 0.25) is 0 Å². The minimum atomic E-state index is -0.457. The summed E-state index contributed by atoms with van der Waals surface area (Å²) in [6, 6.07) is 14.8. The summed E-state index contributed by atoms with van der Waals surface area (Å²) in [4.78, 5) is 30.7. The minimum absolute atomic E-state index is 0.0626. The molecule has 6 fully saturated rings. The van der Waals surface area contributed by atoms with E-state index in [2.05, 4.69) is 40.2 Å². The third kappa shape index (κ3) is 6.33. The smallest absolute Gasteiger partial charge is 0.410 e. The molecule has 5 aliphatic carbocycles. The van der Waals surface area contributed by atoms with Crippen molar-refractivity contribution in [2.45, 2.75) is 108 Å². The van der Waals surface area contributed by atoms with Crippen LogP contribution in [0.1, 0.15) is 100.0 Å². The molecule has 0 atom stereocenters. The topological polar surface area (TPSA) is 118 Å². The zero-order valence-corrected chi connectivity index (χ0v) is 28.7. The van der Waals surface area contributed by atoms with E-state index in [1.807, 2.05) is 24.3 Å². The summed E-state index contributed by atoms with van der Waals surface area (Å²) in [5.74, 6) is 2.53. The lowest BCUT2D eigenvalue weighted by molar-refractivity contribution is -0.124. The number of benzene rings is 2. The molecule has 49 heavy (non-hydrogen) atoms. The molecule has 2 bridgehead atoms. The first-order valence-corrected chi connectivity index (χ1v) is 18.3. The molecule has 0 spiro atoms. The van der Waals surface area contributed by atoms with Crippen LogP contribution in [-0.4, -0.2) is 71.2 Å². The second-order valence-electron chi connectivity index (χ2n) is 15.6. The normalized spacial score (nSPS) is 28.2. The molecule has 10 heteroatoms. The predicted octanol–water partition coefficient (Wildman–Crippen LogP) is 6.93. The van der Waals surface area contributed by atoms with Crippen LogP contribution in [-0.2, 0) is 14.9 Å². The molecular formula is C39H48N4O6. The Labute approximate surface area is 288 Å². The fourth-order valence-corrected chi connectivity index (χ4v) is 8.90. The van der Waals surface area contributed by atoms with Crippen LogP contribution in [0, 0.1) is 18.3 Å². The maximum atomic E-state index is 14.6. The van der Waals surface area contributed by atoms with Gasteiger partial charge in [-0.15, -0.1) is 10.2 Å². The zero-order valence-electron chi connectivity index (χ0n) is 28.7. The van der Waals surface area contributed by atoms with Gasteiger partial charge in [0.1, 0.15) is 11.9 Å². The Morgan fingerprint density at radius 3 is 2.35 bits per heavy atom. The summed E-state index contributed by atoms with van der Waals surface area (Å²) >= 11 is 0. The Hall–Kier alpha value is -3.92. The van der Waals surface area contributed by atoms with Crippen molar-refractivity contribution in [2.75, 3.05) is 31.6 Å². The Kier molecular flexibility index (Phi) is 8.41. The van der Waals surface area contributed by atoms with E-state index in [0.29, 0.717) is 63.0 Å². The molecular weight excluding hydrogens is 620 g/mol. The molecule has 5 saturated carbocycles. The van der Waals surface area contributed by atoms with Crippen LogP contribution in [0.5, 0.6) is 5.75 Å². The van der Waals surface area contributed by atoms with E-state index in [9.17, 15) is 14.7 Å². The van der Waals surface area contributed by atoms with Gasteiger partial charge in [0.2, 0.25) is 17.7 Å². The molecule has 6 aliphatic rings. The number of nitrogens with zero attached hydrogens (tertiary/aromatic N) is 4. The van der Waals surface area contributed by atoms with E-state index < -0.39 is 6.10 Å². The number of carbonyl (C=O) groups excluding carboxylic acids is 2. The van der Waals surface area contributed by atoms with Crippen molar-refractivity contribution in [2.24, 2.45) is 11.3 Å². The van der Waals surface area contributed by atoms with Gasteiger partial charge in [0.25, 0.3) is 0 Å². The van der Waals surface area contributed by atoms with Crippen molar-refractivity contribution in [3.05, 3.63) is 59.5 Å². The number of likely N-dealkylation sites (tertiary alicyclic amines) is 1. The SMILES string of the molecule is COc1ccc(C23CCC(CN(C(=O)C4CCC(OC(=O)N5CC(O)C5)CC4)c4cccc(-c5nnc(C6CC6)o5)c4)(CC2)CC3)cc1C. The lowest BCUT2D eigenvalue weighted by atomic mass is 9.51. The number of anilines is 1. The number of ether oxygens (including phenoxy) is 2. The van der Waals surface area contributed by atoms with Crippen LogP contribution in [0.3, 0.4) is 0 Å². The fourth-order valence-electron chi connectivity index (χ4n) is 8.90. The first-order chi connectivity index (χ1) is 23.7. The highest BCUT2D eigenvalue weighted by Gasteiger charge is 2.51. The molecule has 1 N–H and O–H groups in total. The molecule has 1 saturated heterocycles. The predicted molar refractivity (Wildman–Crippen MR) is 183 cm³/mol. The molecule has 1 aliphatic heterocycles. The molecule has 2 amide bonds. The third-order valence-corrected chi connectivity index (χ3v) is 12.4. The van der Waals surface area contributed by atoms with Crippen molar-refractivity contribution in [3.8, 4) is 17.2 Å². The van der Waals surface area contributed by atoms with E-state index in [-0.39, 0.29) is 34.9 Å². The first kappa shape index (κ1) is 32.3. The Morgan fingerprint density at radius 1 is 0.959 bits per heavy atom. The van der Waals surface area contributed by atoms with Crippen LogP contribution >= 0.6 is 0 Å². The summed E-state index contributed by atoms with van der Waals surface area (Å²) in [6.45, 7) is 3.47. The molecule has 260 valence electrons. The van der Waals surface area contributed by atoms with Gasteiger partial charge in [-0.05, 0) is 130 Å². The van der Waals surface area contributed by atoms with Gasteiger partial charge in [0.15, 0.2) is 0 Å². The van der Waals surface area contributed by atoms with Crippen molar-refractivity contribution in [3.63, 3.8) is 0 Å². The molecule has 0 radical (unpaired) electrons.